The first kappa shape index (κ1) is 14.5. The molecule has 0 bridgehead atoms. The van der Waals surface area contributed by atoms with Crippen LogP contribution in [0.5, 0.6) is 0 Å². The highest BCUT2D eigenvalue weighted by atomic mass is 16.3. The standard InChI is InChI=1S/C17H27NO/c1-3-4-8-15-11-12-18(14(15)2)17(13-19)16-9-6-5-7-10-16/h5-7,9-10,14-15,17,19H,3-4,8,11-13H2,1-2H3/t14-,15-,17+/m0/s1. The van der Waals surface area contributed by atoms with E-state index in [-0.39, 0.29) is 12.6 Å². The summed E-state index contributed by atoms with van der Waals surface area (Å²) in [6.45, 7) is 5.93. The van der Waals surface area contributed by atoms with Gasteiger partial charge in [-0.05, 0) is 37.8 Å². The number of unbranched alkanes of at least 4 members (excludes halogenated alkanes) is 1. The minimum Gasteiger partial charge on any atom is -0.394 e. The molecule has 1 aliphatic rings. The number of benzene rings is 1. The molecule has 0 spiro atoms. The zero-order chi connectivity index (χ0) is 13.7. The lowest BCUT2D eigenvalue weighted by atomic mass is 9.94. The highest BCUT2D eigenvalue weighted by Crippen LogP contribution is 2.34. The maximum atomic E-state index is 9.78. The molecule has 1 saturated heterocycles. The van der Waals surface area contributed by atoms with Gasteiger partial charge in [0.15, 0.2) is 0 Å². The van der Waals surface area contributed by atoms with Crippen LogP contribution in [0.15, 0.2) is 30.3 Å². The van der Waals surface area contributed by atoms with E-state index >= 15 is 0 Å². The molecule has 0 aromatic heterocycles. The number of aliphatic hydroxyl groups is 1. The third kappa shape index (κ3) is 3.37. The quantitative estimate of drug-likeness (QED) is 0.845. The molecular formula is C17H27NO. The normalized spacial score (nSPS) is 25.6. The van der Waals surface area contributed by atoms with Crippen molar-refractivity contribution in [3.05, 3.63) is 35.9 Å². The second kappa shape index (κ2) is 7.06. The lowest BCUT2D eigenvalue weighted by Crippen LogP contribution is -2.35. The Labute approximate surface area is 117 Å². The minimum atomic E-state index is 0.169. The topological polar surface area (TPSA) is 23.5 Å². The summed E-state index contributed by atoms with van der Waals surface area (Å²) in [7, 11) is 0. The van der Waals surface area contributed by atoms with E-state index in [0.29, 0.717) is 6.04 Å². The molecule has 0 aliphatic carbocycles. The summed E-state index contributed by atoms with van der Waals surface area (Å²) < 4.78 is 0. The van der Waals surface area contributed by atoms with Crippen LogP contribution in [0.3, 0.4) is 0 Å². The summed E-state index contributed by atoms with van der Waals surface area (Å²) in [6, 6.07) is 11.2. The van der Waals surface area contributed by atoms with Crippen LogP contribution in [0, 0.1) is 5.92 Å². The van der Waals surface area contributed by atoms with Crippen LogP contribution in [0.4, 0.5) is 0 Å². The Morgan fingerprint density at radius 2 is 2.05 bits per heavy atom. The molecule has 1 fully saturated rings. The zero-order valence-electron chi connectivity index (χ0n) is 12.3. The maximum absolute atomic E-state index is 9.78. The molecular weight excluding hydrogens is 234 g/mol. The first-order valence-electron chi connectivity index (χ1n) is 7.69. The third-order valence-electron chi connectivity index (χ3n) is 4.65. The molecule has 1 aliphatic heterocycles. The van der Waals surface area contributed by atoms with Crippen molar-refractivity contribution in [3.8, 4) is 0 Å². The Kier molecular flexibility index (Phi) is 5.41. The molecule has 2 nitrogen and oxygen atoms in total. The zero-order valence-corrected chi connectivity index (χ0v) is 12.3. The van der Waals surface area contributed by atoms with E-state index in [2.05, 4.69) is 43.0 Å². The van der Waals surface area contributed by atoms with Crippen molar-refractivity contribution in [3.63, 3.8) is 0 Å². The fourth-order valence-corrected chi connectivity index (χ4v) is 3.40. The monoisotopic (exact) mass is 261 g/mol. The summed E-state index contributed by atoms with van der Waals surface area (Å²) in [5.41, 5.74) is 1.24. The highest BCUT2D eigenvalue weighted by Gasteiger charge is 2.34. The van der Waals surface area contributed by atoms with Crippen molar-refractivity contribution >= 4 is 0 Å². The first-order chi connectivity index (χ1) is 9.27. The predicted molar refractivity (Wildman–Crippen MR) is 80.1 cm³/mol. The van der Waals surface area contributed by atoms with Crippen molar-refractivity contribution in [1.82, 2.24) is 4.90 Å². The fraction of sp³-hybridized carbons (Fsp3) is 0.647. The van der Waals surface area contributed by atoms with E-state index < -0.39 is 0 Å². The van der Waals surface area contributed by atoms with Crippen LogP contribution in [0.25, 0.3) is 0 Å². The molecule has 1 aromatic rings. The Bertz CT molecular complexity index is 365. The summed E-state index contributed by atoms with van der Waals surface area (Å²) in [5.74, 6) is 0.803. The smallest absolute Gasteiger partial charge is 0.0628 e. The van der Waals surface area contributed by atoms with Gasteiger partial charge in [-0.2, -0.15) is 0 Å². The molecule has 0 unspecified atom stereocenters. The van der Waals surface area contributed by atoms with E-state index in [1.807, 2.05) is 6.07 Å². The van der Waals surface area contributed by atoms with Gasteiger partial charge >= 0.3 is 0 Å². The van der Waals surface area contributed by atoms with Gasteiger partial charge in [0.1, 0.15) is 0 Å². The van der Waals surface area contributed by atoms with Gasteiger partial charge < -0.3 is 5.11 Å². The van der Waals surface area contributed by atoms with Gasteiger partial charge in [-0.15, -0.1) is 0 Å². The number of hydrogen-bond acceptors (Lipinski definition) is 2. The van der Waals surface area contributed by atoms with E-state index in [4.69, 9.17) is 0 Å². The summed E-state index contributed by atoms with van der Waals surface area (Å²) in [6.07, 6.45) is 5.23. The van der Waals surface area contributed by atoms with Gasteiger partial charge in [-0.1, -0.05) is 50.1 Å². The van der Waals surface area contributed by atoms with Crippen molar-refractivity contribution in [2.45, 2.75) is 51.6 Å². The lowest BCUT2D eigenvalue weighted by molar-refractivity contribution is 0.108. The fourth-order valence-electron chi connectivity index (χ4n) is 3.40. The second-order valence-corrected chi connectivity index (χ2v) is 5.78. The Morgan fingerprint density at radius 1 is 1.32 bits per heavy atom. The van der Waals surface area contributed by atoms with Crippen LogP contribution in [0.1, 0.15) is 51.1 Å². The van der Waals surface area contributed by atoms with Gasteiger partial charge in [0.05, 0.1) is 12.6 Å². The third-order valence-corrected chi connectivity index (χ3v) is 4.65. The van der Waals surface area contributed by atoms with Gasteiger partial charge in [0.2, 0.25) is 0 Å². The SMILES string of the molecule is CCCC[C@H]1CCN([C@H](CO)c2ccccc2)[C@H]1C. The minimum absolute atomic E-state index is 0.169. The molecule has 0 amide bonds. The number of likely N-dealkylation sites (tertiary alicyclic amines) is 1. The number of hydrogen-bond donors (Lipinski definition) is 1. The summed E-state index contributed by atoms with van der Waals surface area (Å²) in [5, 5.41) is 9.78. The number of nitrogens with zero attached hydrogens (tertiary/aromatic N) is 1. The first-order valence-corrected chi connectivity index (χ1v) is 7.69. The highest BCUT2D eigenvalue weighted by molar-refractivity contribution is 5.19. The average Bonchev–Trinajstić information content (AvgIpc) is 2.80. The van der Waals surface area contributed by atoms with E-state index in [9.17, 15) is 5.11 Å². The molecule has 1 N–H and O–H groups in total. The van der Waals surface area contributed by atoms with Gasteiger partial charge in [0, 0.05) is 6.04 Å². The van der Waals surface area contributed by atoms with E-state index in [0.717, 1.165) is 12.5 Å². The summed E-state index contributed by atoms with van der Waals surface area (Å²) >= 11 is 0. The Balaban J connectivity index is 2.04. The van der Waals surface area contributed by atoms with E-state index in [1.165, 1.54) is 31.2 Å². The summed E-state index contributed by atoms with van der Waals surface area (Å²) in [4.78, 5) is 2.50. The van der Waals surface area contributed by atoms with Crippen LogP contribution < -0.4 is 0 Å². The number of rotatable bonds is 6. The Hall–Kier alpha value is -0.860. The van der Waals surface area contributed by atoms with Crippen LogP contribution in [-0.4, -0.2) is 29.2 Å². The molecule has 1 aromatic carbocycles. The van der Waals surface area contributed by atoms with Crippen molar-refractivity contribution < 1.29 is 5.11 Å². The van der Waals surface area contributed by atoms with Crippen LogP contribution in [0.2, 0.25) is 0 Å². The van der Waals surface area contributed by atoms with Crippen molar-refractivity contribution in [1.29, 1.82) is 0 Å². The van der Waals surface area contributed by atoms with Gasteiger partial charge in [-0.3, -0.25) is 4.90 Å². The molecule has 19 heavy (non-hydrogen) atoms. The van der Waals surface area contributed by atoms with Crippen molar-refractivity contribution in [2.24, 2.45) is 5.92 Å². The molecule has 3 atom stereocenters. The largest absolute Gasteiger partial charge is 0.394 e. The predicted octanol–water partition coefficient (Wildman–Crippen LogP) is 3.62. The lowest BCUT2D eigenvalue weighted by Gasteiger charge is -2.32. The molecule has 0 saturated carbocycles. The molecule has 2 heteroatoms. The number of aliphatic hydroxyl groups excluding tert-OH is 1. The second-order valence-electron chi connectivity index (χ2n) is 5.78. The van der Waals surface area contributed by atoms with Crippen molar-refractivity contribution in [2.75, 3.05) is 13.2 Å². The molecule has 1 heterocycles. The molecule has 0 radical (unpaired) electrons. The molecule has 2 rings (SSSR count). The Morgan fingerprint density at radius 3 is 2.68 bits per heavy atom. The maximum Gasteiger partial charge on any atom is 0.0628 e. The van der Waals surface area contributed by atoms with Crippen LogP contribution in [-0.2, 0) is 0 Å². The van der Waals surface area contributed by atoms with Crippen LogP contribution >= 0.6 is 0 Å². The van der Waals surface area contributed by atoms with E-state index in [1.54, 1.807) is 0 Å². The van der Waals surface area contributed by atoms with Gasteiger partial charge in [-0.25, -0.2) is 0 Å². The van der Waals surface area contributed by atoms with Gasteiger partial charge in [0.25, 0.3) is 0 Å². The molecule has 106 valence electrons. The average molecular weight is 261 g/mol.